The third-order valence-electron chi connectivity index (χ3n) is 4.77. The minimum atomic E-state index is 0.372. The molecule has 110 valence electrons. The van der Waals surface area contributed by atoms with Gasteiger partial charge < -0.3 is 10.1 Å². The van der Waals surface area contributed by atoms with Gasteiger partial charge in [-0.1, -0.05) is 25.4 Å². The van der Waals surface area contributed by atoms with Gasteiger partial charge in [-0.2, -0.15) is 0 Å². The van der Waals surface area contributed by atoms with Gasteiger partial charge in [0.2, 0.25) is 0 Å². The standard InChI is InChI=1S/C17H24ClNO/c1-3-19-15-4-6-17(2,11-15)10-13-9-14(18)8-12-5-7-20-16(12)13/h8-9,15,19H,3-7,10-11H2,1-2H3. The van der Waals surface area contributed by atoms with Gasteiger partial charge in [0.15, 0.2) is 0 Å². The lowest BCUT2D eigenvalue weighted by Crippen LogP contribution is -2.28. The first-order valence-electron chi connectivity index (χ1n) is 7.77. The summed E-state index contributed by atoms with van der Waals surface area (Å²) in [6.07, 6.45) is 5.90. The molecule has 1 heterocycles. The summed E-state index contributed by atoms with van der Waals surface area (Å²) < 4.78 is 5.84. The molecule has 0 spiro atoms. The molecule has 2 unspecified atom stereocenters. The predicted molar refractivity (Wildman–Crippen MR) is 83.8 cm³/mol. The molecule has 1 aromatic carbocycles. The van der Waals surface area contributed by atoms with Crippen LogP contribution in [-0.2, 0) is 12.8 Å². The topological polar surface area (TPSA) is 21.3 Å². The van der Waals surface area contributed by atoms with E-state index in [0.717, 1.165) is 36.8 Å². The number of benzene rings is 1. The molecule has 0 saturated heterocycles. The highest BCUT2D eigenvalue weighted by atomic mass is 35.5. The van der Waals surface area contributed by atoms with Gasteiger partial charge in [-0.3, -0.25) is 0 Å². The largest absolute Gasteiger partial charge is 0.493 e. The van der Waals surface area contributed by atoms with Crippen molar-refractivity contribution in [1.82, 2.24) is 5.32 Å². The number of hydrogen-bond acceptors (Lipinski definition) is 2. The molecule has 1 saturated carbocycles. The second kappa shape index (κ2) is 5.57. The zero-order chi connectivity index (χ0) is 14.2. The number of hydrogen-bond donors (Lipinski definition) is 1. The molecule has 0 radical (unpaired) electrons. The van der Waals surface area contributed by atoms with Crippen LogP contribution in [0.2, 0.25) is 5.02 Å². The van der Waals surface area contributed by atoms with Crippen LogP contribution in [0.15, 0.2) is 12.1 Å². The lowest BCUT2D eigenvalue weighted by atomic mass is 9.81. The predicted octanol–water partition coefficient (Wildman–Crippen LogP) is 3.99. The van der Waals surface area contributed by atoms with Crippen molar-refractivity contribution < 1.29 is 4.74 Å². The molecule has 1 fully saturated rings. The lowest BCUT2D eigenvalue weighted by Gasteiger charge is -2.25. The maximum absolute atomic E-state index is 6.27. The average molecular weight is 294 g/mol. The minimum absolute atomic E-state index is 0.372. The van der Waals surface area contributed by atoms with E-state index < -0.39 is 0 Å². The number of ether oxygens (including phenoxy) is 1. The summed E-state index contributed by atoms with van der Waals surface area (Å²) in [4.78, 5) is 0. The molecule has 3 heteroatoms. The van der Waals surface area contributed by atoms with Gasteiger partial charge >= 0.3 is 0 Å². The number of fused-ring (bicyclic) bond motifs is 1. The van der Waals surface area contributed by atoms with Crippen molar-refractivity contribution in [3.63, 3.8) is 0 Å². The van der Waals surface area contributed by atoms with Crippen LogP contribution in [0.3, 0.4) is 0 Å². The third kappa shape index (κ3) is 2.82. The molecule has 2 nitrogen and oxygen atoms in total. The summed E-state index contributed by atoms with van der Waals surface area (Å²) in [6, 6.07) is 4.85. The van der Waals surface area contributed by atoms with Crippen molar-refractivity contribution >= 4 is 11.6 Å². The molecule has 20 heavy (non-hydrogen) atoms. The van der Waals surface area contributed by atoms with E-state index in [1.807, 2.05) is 0 Å². The van der Waals surface area contributed by atoms with Crippen molar-refractivity contribution in [1.29, 1.82) is 0 Å². The van der Waals surface area contributed by atoms with Gasteiger partial charge in [0.1, 0.15) is 5.75 Å². The zero-order valence-electron chi connectivity index (χ0n) is 12.5. The second-order valence-electron chi connectivity index (χ2n) is 6.64. The summed E-state index contributed by atoms with van der Waals surface area (Å²) in [5.74, 6) is 1.11. The fourth-order valence-corrected chi connectivity index (χ4v) is 4.15. The summed E-state index contributed by atoms with van der Waals surface area (Å²) in [5.41, 5.74) is 2.97. The SMILES string of the molecule is CCNC1CCC(C)(Cc2cc(Cl)cc3c2OCC3)C1. The monoisotopic (exact) mass is 293 g/mol. The Morgan fingerprint density at radius 2 is 2.30 bits per heavy atom. The molecule has 1 aromatic rings. The van der Waals surface area contributed by atoms with Gasteiger partial charge in [0, 0.05) is 17.5 Å². The van der Waals surface area contributed by atoms with Crippen LogP contribution >= 0.6 is 11.6 Å². The van der Waals surface area contributed by atoms with Gasteiger partial charge in [-0.05, 0) is 60.9 Å². The lowest BCUT2D eigenvalue weighted by molar-refractivity contribution is 0.309. The molecule has 0 aromatic heterocycles. The first-order valence-corrected chi connectivity index (χ1v) is 8.15. The average Bonchev–Trinajstić information content (AvgIpc) is 2.97. The Hall–Kier alpha value is -0.730. The molecule has 2 atom stereocenters. The number of rotatable bonds is 4. The van der Waals surface area contributed by atoms with E-state index in [9.17, 15) is 0 Å². The summed E-state index contributed by atoms with van der Waals surface area (Å²) in [7, 11) is 0. The molecule has 3 rings (SSSR count). The van der Waals surface area contributed by atoms with E-state index in [0.29, 0.717) is 11.5 Å². The Labute approximate surface area is 126 Å². The van der Waals surface area contributed by atoms with Crippen molar-refractivity contribution in [3.8, 4) is 5.75 Å². The maximum atomic E-state index is 6.27. The minimum Gasteiger partial charge on any atom is -0.493 e. The fourth-order valence-electron chi connectivity index (χ4n) is 3.88. The molecule has 2 aliphatic rings. The molecule has 0 bridgehead atoms. The van der Waals surface area contributed by atoms with E-state index >= 15 is 0 Å². The maximum Gasteiger partial charge on any atom is 0.125 e. The summed E-state index contributed by atoms with van der Waals surface area (Å²) >= 11 is 6.27. The van der Waals surface area contributed by atoms with E-state index in [-0.39, 0.29) is 0 Å². The van der Waals surface area contributed by atoms with Crippen LogP contribution in [-0.4, -0.2) is 19.2 Å². The smallest absolute Gasteiger partial charge is 0.125 e. The summed E-state index contributed by atoms with van der Waals surface area (Å²) in [5, 5.41) is 4.45. The van der Waals surface area contributed by atoms with E-state index in [4.69, 9.17) is 16.3 Å². The van der Waals surface area contributed by atoms with Crippen molar-refractivity contribution in [3.05, 3.63) is 28.3 Å². The highest BCUT2D eigenvalue weighted by molar-refractivity contribution is 6.30. The van der Waals surface area contributed by atoms with Gasteiger partial charge in [0.05, 0.1) is 6.61 Å². The van der Waals surface area contributed by atoms with Crippen LogP contribution in [0.25, 0.3) is 0 Å². The summed E-state index contributed by atoms with van der Waals surface area (Å²) in [6.45, 7) is 6.47. The van der Waals surface area contributed by atoms with Crippen molar-refractivity contribution in [2.75, 3.05) is 13.2 Å². The van der Waals surface area contributed by atoms with Crippen LogP contribution in [0.5, 0.6) is 5.75 Å². The third-order valence-corrected chi connectivity index (χ3v) is 4.99. The Kier molecular flexibility index (Phi) is 3.96. The molecule has 0 amide bonds. The van der Waals surface area contributed by atoms with Gasteiger partial charge in [-0.25, -0.2) is 0 Å². The van der Waals surface area contributed by atoms with Crippen molar-refractivity contribution in [2.45, 2.75) is 52.0 Å². The highest BCUT2D eigenvalue weighted by Gasteiger charge is 2.36. The molecule has 1 aliphatic carbocycles. The highest BCUT2D eigenvalue weighted by Crippen LogP contribution is 2.44. The Morgan fingerprint density at radius 1 is 1.45 bits per heavy atom. The molecule has 1 aliphatic heterocycles. The quantitative estimate of drug-likeness (QED) is 0.906. The van der Waals surface area contributed by atoms with E-state index in [1.165, 1.54) is 30.4 Å². The van der Waals surface area contributed by atoms with Crippen molar-refractivity contribution in [2.24, 2.45) is 5.41 Å². The first kappa shape index (κ1) is 14.2. The second-order valence-corrected chi connectivity index (χ2v) is 7.07. The fraction of sp³-hybridized carbons (Fsp3) is 0.647. The number of halogens is 1. The van der Waals surface area contributed by atoms with Gasteiger partial charge in [-0.15, -0.1) is 0 Å². The normalized spacial score (nSPS) is 28.4. The van der Waals surface area contributed by atoms with Crippen LogP contribution in [0.4, 0.5) is 0 Å². The van der Waals surface area contributed by atoms with Crippen LogP contribution in [0, 0.1) is 5.41 Å². The zero-order valence-corrected chi connectivity index (χ0v) is 13.2. The molecular weight excluding hydrogens is 270 g/mol. The van der Waals surface area contributed by atoms with E-state index in [2.05, 4.69) is 31.3 Å². The molecule has 1 N–H and O–H groups in total. The van der Waals surface area contributed by atoms with Gasteiger partial charge in [0.25, 0.3) is 0 Å². The van der Waals surface area contributed by atoms with Crippen LogP contribution < -0.4 is 10.1 Å². The van der Waals surface area contributed by atoms with Crippen LogP contribution in [0.1, 0.15) is 44.2 Å². The Morgan fingerprint density at radius 3 is 3.10 bits per heavy atom. The van der Waals surface area contributed by atoms with E-state index in [1.54, 1.807) is 0 Å². The Balaban J connectivity index is 1.78. The first-order chi connectivity index (χ1) is 9.59. The molecular formula is C17H24ClNO. The Bertz CT molecular complexity index is 502. The number of nitrogens with one attached hydrogen (secondary N) is 1.